The molecule has 0 saturated heterocycles. The van der Waals surface area contributed by atoms with Crippen molar-refractivity contribution in [2.45, 2.75) is 45.7 Å². The number of hydrogen-bond acceptors (Lipinski definition) is 4. The van der Waals surface area contributed by atoms with Crippen LogP contribution in [0.1, 0.15) is 48.1 Å². The number of aryl methyl sites for hydroxylation is 1. The van der Waals surface area contributed by atoms with E-state index in [4.69, 9.17) is 4.74 Å². The van der Waals surface area contributed by atoms with Crippen LogP contribution in [0.3, 0.4) is 0 Å². The van der Waals surface area contributed by atoms with E-state index in [0.29, 0.717) is 19.6 Å². The van der Waals surface area contributed by atoms with Gasteiger partial charge >= 0.3 is 0 Å². The molecule has 0 fully saturated rings. The Morgan fingerprint density at radius 3 is 2.67 bits per heavy atom. The van der Waals surface area contributed by atoms with Crippen molar-refractivity contribution in [3.05, 3.63) is 64.8 Å². The van der Waals surface area contributed by atoms with Gasteiger partial charge in [0.2, 0.25) is 12.3 Å². The number of unbranched alkanes of at least 4 members (excludes halogenated alkanes) is 1. The topological polar surface area (TPSA) is 54.8 Å². The van der Waals surface area contributed by atoms with Crippen LogP contribution in [0.5, 0.6) is 5.75 Å². The second-order valence-electron chi connectivity index (χ2n) is 9.12. The van der Waals surface area contributed by atoms with E-state index in [1.54, 1.807) is 0 Å². The van der Waals surface area contributed by atoms with E-state index in [9.17, 15) is 9.59 Å². The summed E-state index contributed by atoms with van der Waals surface area (Å²) in [6, 6.07) is 14.8. The van der Waals surface area contributed by atoms with Gasteiger partial charge in [-0.15, -0.1) is 0 Å². The molecular formula is C27H33N3O3. The quantitative estimate of drug-likeness (QED) is 0.381. The fourth-order valence-corrected chi connectivity index (χ4v) is 4.68. The van der Waals surface area contributed by atoms with E-state index in [0.717, 1.165) is 53.8 Å². The number of hydrogen-bond donors (Lipinski definition) is 0. The zero-order valence-electron chi connectivity index (χ0n) is 20.0. The average molecular weight is 448 g/mol. The summed E-state index contributed by atoms with van der Waals surface area (Å²) in [5.41, 5.74) is 5.68. The van der Waals surface area contributed by atoms with Gasteiger partial charge in [0.1, 0.15) is 5.75 Å². The van der Waals surface area contributed by atoms with Crippen molar-refractivity contribution >= 4 is 23.2 Å². The second kappa shape index (κ2) is 9.79. The third-order valence-electron chi connectivity index (χ3n) is 6.48. The fourth-order valence-electron chi connectivity index (χ4n) is 4.68. The molecular weight excluding hydrogens is 414 g/mol. The molecule has 1 aromatic heterocycles. The van der Waals surface area contributed by atoms with E-state index < -0.39 is 5.92 Å². The number of rotatable bonds is 8. The van der Waals surface area contributed by atoms with Crippen molar-refractivity contribution in [3.63, 3.8) is 0 Å². The molecule has 1 unspecified atom stereocenters. The third kappa shape index (κ3) is 4.67. The smallest absolute Gasteiger partial charge is 0.237 e. The lowest BCUT2D eigenvalue weighted by Gasteiger charge is -2.31. The van der Waals surface area contributed by atoms with Gasteiger partial charge in [-0.05, 0) is 49.7 Å². The Morgan fingerprint density at radius 2 is 1.97 bits per heavy atom. The van der Waals surface area contributed by atoms with Crippen LogP contribution in [-0.2, 0) is 22.7 Å². The molecule has 2 amide bonds. The molecule has 1 aliphatic heterocycles. The molecule has 1 atom stereocenters. The lowest BCUT2D eigenvalue weighted by molar-refractivity contribution is -0.138. The largest absolute Gasteiger partial charge is 0.494 e. The number of carbonyl (C=O) groups is 2. The van der Waals surface area contributed by atoms with Gasteiger partial charge in [-0.2, -0.15) is 0 Å². The molecule has 2 aromatic carbocycles. The molecule has 174 valence electrons. The molecule has 0 saturated carbocycles. The van der Waals surface area contributed by atoms with Gasteiger partial charge in [-0.3, -0.25) is 19.4 Å². The highest BCUT2D eigenvalue weighted by molar-refractivity contribution is 5.97. The number of amides is 2. The van der Waals surface area contributed by atoms with Crippen LogP contribution in [0.15, 0.2) is 42.5 Å². The summed E-state index contributed by atoms with van der Waals surface area (Å²) in [4.78, 5) is 27.9. The number of ether oxygens (including phenoxy) is 1. The molecule has 1 aliphatic rings. The second-order valence-corrected chi connectivity index (χ2v) is 9.12. The van der Waals surface area contributed by atoms with Gasteiger partial charge in [0.05, 0.1) is 12.5 Å². The summed E-state index contributed by atoms with van der Waals surface area (Å²) in [5, 5.41) is 1.04. The maximum Gasteiger partial charge on any atom is 0.237 e. The molecule has 6 nitrogen and oxygen atoms in total. The summed E-state index contributed by atoms with van der Waals surface area (Å²) in [6.45, 7) is 6.95. The van der Waals surface area contributed by atoms with Gasteiger partial charge < -0.3 is 9.30 Å². The lowest BCUT2D eigenvalue weighted by Crippen LogP contribution is -2.40. The van der Waals surface area contributed by atoms with Crippen LogP contribution >= 0.6 is 0 Å². The first-order valence-corrected chi connectivity index (χ1v) is 11.7. The molecule has 2 heterocycles. The van der Waals surface area contributed by atoms with Gasteiger partial charge in [-0.25, -0.2) is 0 Å². The Hall–Kier alpha value is -3.12. The highest BCUT2D eigenvalue weighted by atomic mass is 16.5. The average Bonchev–Trinajstić information content (AvgIpc) is 3.11. The maximum atomic E-state index is 13.2. The third-order valence-corrected chi connectivity index (χ3v) is 6.48. The van der Waals surface area contributed by atoms with Crippen molar-refractivity contribution in [1.82, 2.24) is 14.4 Å². The summed E-state index contributed by atoms with van der Waals surface area (Å²) >= 11 is 0. The minimum atomic E-state index is -0.401. The van der Waals surface area contributed by atoms with Crippen LogP contribution in [0, 0.1) is 6.92 Å². The first kappa shape index (κ1) is 23.1. The zero-order chi connectivity index (χ0) is 23.5. The van der Waals surface area contributed by atoms with Crippen LogP contribution < -0.4 is 4.74 Å². The summed E-state index contributed by atoms with van der Waals surface area (Å²) in [7, 11) is 3.56. The standard InChI is InChI=1S/C27H33N3O3/c1-5-6-13-33-21-11-12-24-22(14-21)26-23(27(32)29(4)18-31)16-28(3)17-25(26)30(24)15-20-9-7-19(2)8-10-20/h7-12,14,18,23H,5-6,13,15-17H2,1-4H3. The predicted octanol–water partition coefficient (Wildman–Crippen LogP) is 4.32. The number of benzene rings is 2. The van der Waals surface area contributed by atoms with Gasteiger partial charge in [0.15, 0.2) is 0 Å². The first-order valence-electron chi connectivity index (χ1n) is 11.7. The van der Waals surface area contributed by atoms with E-state index in [-0.39, 0.29) is 5.91 Å². The monoisotopic (exact) mass is 447 g/mol. The molecule has 33 heavy (non-hydrogen) atoms. The number of nitrogens with zero attached hydrogens (tertiary/aromatic N) is 3. The molecule has 0 radical (unpaired) electrons. The van der Waals surface area contributed by atoms with Crippen molar-refractivity contribution in [1.29, 1.82) is 0 Å². The summed E-state index contributed by atoms with van der Waals surface area (Å²) < 4.78 is 8.32. The fraction of sp³-hybridized carbons (Fsp3) is 0.407. The van der Waals surface area contributed by atoms with Crippen molar-refractivity contribution < 1.29 is 14.3 Å². The Kier molecular flexibility index (Phi) is 6.84. The molecule has 3 aromatic rings. The molecule has 6 heteroatoms. The maximum absolute atomic E-state index is 13.2. The minimum absolute atomic E-state index is 0.176. The van der Waals surface area contributed by atoms with Crippen molar-refractivity contribution in [2.75, 3.05) is 27.2 Å². The highest BCUT2D eigenvalue weighted by Gasteiger charge is 2.35. The van der Waals surface area contributed by atoms with Crippen LogP contribution in [0.25, 0.3) is 10.9 Å². The van der Waals surface area contributed by atoms with E-state index in [1.165, 1.54) is 23.1 Å². The Labute approximate surface area is 195 Å². The number of fused-ring (bicyclic) bond motifs is 3. The highest BCUT2D eigenvalue weighted by Crippen LogP contribution is 2.39. The first-order chi connectivity index (χ1) is 15.9. The Morgan fingerprint density at radius 1 is 1.21 bits per heavy atom. The number of imide groups is 1. The van der Waals surface area contributed by atoms with Crippen LogP contribution in [0.2, 0.25) is 0 Å². The van der Waals surface area contributed by atoms with Crippen molar-refractivity contribution in [3.8, 4) is 5.75 Å². The molecule has 0 aliphatic carbocycles. The van der Waals surface area contributed by atoms with E-state index >= 15 is 0 Å². The Bertz CT molecular complexity index is 1150. The van der Waals surface area contributed by atoms with Crippen molar-refractivity contribution in [2.24, 2.45) is 0 Å². The minimum Gasteiger partial charge on any atom is -0.494 e. The van der Waals surface area contributed by atoms with Gasteiger partial charge in [0.25, 0.3) is 0 Å². The Balaban J connectivity index is 1.86. The SMILES string of the molecule is CCCCOc1ccc2c(c1)c1c(n2Cc2ccc(C)cc2)CN(C)CC1C(=O)N(C)C=O. The van der Waals surface area contributed by atoms with E-state index in [2.05, 4.69) is 59.7 Å². The van der Waals surface area contributed by atoms with E-state index in [1.807, 2.05) is 13.1 Å². The molecule has 0 bridgehead atoms. The zero-order valence-corrected chi connectivity index (χ0v) is 20.0. The molecule has 0 N–H and O–H groups in total. The number of carbonyl (C=O) groups excluding carboxylic acids is 2. The number of aromatic nitrogens is 1. The lowest BCUT2D eigenvalue weighted by atomic mass is 9.91. The molecule has 0 spiro atoms. The van der Waals surface area contributed by atoms with Gasteiger partial charge in [0, 0.05) is 43.3 Å². The molecule has 4 rings (SSSR count). The normalized spacial score (nSPS) is 15.9. The van der Waals surface area contributed by atoms with Crippen LogP contribution in [0.4, 0.5) is 0 Å². The predicted molar refractivity (Wildman–Crippen MR) is 131 cm³/mol. The summed E-state index contributed by atoms with van der Waals surface area (Å²) in [5.74, 6) is 0.242. The summed E-state index contributed by atoms with van der Waals surface area (Å²) in [6.07, 6.45) is 2.67. The number of likely N-dealkylation sites (N-methyl/N-ethyl adjacent to an activating group) is 2. The van der Waals surface area contributed by atoms with Crippen LogP contribution in [-0.4, -0.2) is 53.9 Å². The van der Waals surface area contributed by atoms with Gasteiger partial charge in [-0.1, -0.05) is 43.2 Å².